The first kappa shape index (κ1) is 11.4. The lowest BCUT2D eigenvalue weighted by Gasteiger charge is -2.32. The molecule has 2 fully saturated rings. The molecule has 0 amide bonds. The summed E-state index contributed by atoms with van der Waals surface area (Å²) >= 11 is 0. The molecule has 15 heavy (non-hydrogen) atoms. The summed E-state index contributed by atoms with van der Waals surface area (Å²) in [7, 11) is 0. The molecule has 1 saturated heterocycles. The Bertz CT molecular complexity index is 169. The summed E-state index contributed by atoms with van der Waals surface area (Å²) in [6.45, 7) is 4.58. The zero-order chi connectivity index (χ0) is 10.5. The van der Waals surface area contributed by atoms with Crippen LogP contribution in [0.4, 0.5) is 0 Å². The third-order valence-electron chi connectivity index (χ3n) is 4.01. The van der Waals surface area contributed by atoms with Gasteiger partial charge in [-0.1, -0.05) is 13.3 Å². The first-order chi connectivity index (χ1) is 7.38. The molecule has 2 nitrogen and oxygen atoms in total. The van der Waals surface area contributed by atoms with Crippen molar-refractivity contribution in [3.8, 4) is 0 Å². The third kappa shape index (κ3) is 3.46. The van der Waals surface area contributed by atoms with E-state index in [1.807, 2.05) is 0 Å². The number of rotatable bonds is 3. The fraction of sp³-hybridized carbons (Fsp3) is 1.00. The van der Waals surface area contributed by atoms with Crippen LogP contribution in [0.3, 0.4) is 0 Å². The SMILES string of the molecule is CCC1CCC(OC2CCCNC2)CC1. The van der Waals surface area contributed by atoms with Crippen molar-refractivity contribution in [2.24, 2.45) is 5.92 Å². The zero-order valence-electron chi connectivity index (χ0n) is 10.0. The lowest BCUT2D eigenvalue weighted by Crippen LogP contribution is -2.38. The molecule has 1 atom stereocenters. The molecule has 1 aliphatic carbocycles. The Hall–Kier alpha value is -0.0800. The van der Waals surface area contributed by atoms with Gasteiger partial charge in [-0.15, -0.1) is 0 Å². The third-order valence-corrected chi connectivity index (χ3v) is 4.01. The van der Waals surface area contributed by atoms with Crippen molar-refractivity contribution in [3.05, 3.63) is 0 Å². The molecular weight excluding hydrogens is 186 g/mol. The second-order valence-electron chi connectivity index (χ2n) is 5.16. The number of nitrogens with one attached hydrogen (secondary N) is 1. The summed E-state index contributed by atoms with van der Waals surface area (Å²) in [4.78, 5) is 0. The molecule has 2 heteroatoms. The monoisotopic (exact) mass is 211 g/mol. The van der Waals surface area contributed by atoms with E-state index in [1.165, 1.54) is 51.5 Å². The molecule has 0 aromatic heterocycles. The van der Waals surface area contributed by atoms with Crippen molar-refractivity contribution in [1.29, 1.82) is 0 Å². The van der Waals surface area contributed by atoms with Crippen LogP contribution in [0.5, 0.6) is 0 Å². The summed E-state index contributed by atoms with van der Waals surface area (Å²) in [5.41, 5.74) is 0. The highest BCUT2D eigenvalue weighted by Gasteiger charge is 2.24. The normalized spacial score (nSPS) is 37.8. The Labute approximate surface area is 93.8 Å². The van der Waals surface area contributed by atoms with Gasteiger partial charge in [0.05, 0.1) is 12.2 Å². The zero-order valence-corrected chi connectivity index (χ0v) is 10.0. The van der Waals surface area contributed by atoms with Crippen LogP contribution in [-0.2, 0) is 4.74 Å². The summed E-state index contributed by atoms with van der Waals surface area (Å²) in [6, 6.07) is 0. The van der Waals surface area contributed by atoms with Crippen LogP contribution in [0.1, 0.15) is 51.9 Å². The van der Waals surface area contributed by atoms with Gasteiger partial charge in [-0.05, 0) is 51.0 Å². The molecule has 0 aromatic carbocycles. The Kier molecular flexibility index (Phi) is 4.45. The average Bonchev–Trinajstić information content (AvgIpc) is 2.31. The highest BCUT2D eigenvalue weighted by Crippen LogP contribution is 2.29. The predicted octanol–water partition coefficient (Wildman–Crippen LogP) is 2.72. The maximum Gasteiger partial charge on any atom is 0.0703 e. The van der Waals surface area contributed by atoms with Crippen LogP contribution in [0.15, 0.2) is 0 Å². The number of hydrogen-bond acceptors (Lipinski definition) is 2. The van der Waals surface area contributed by atoms with E-state index in [9.17, 15) is 0 Å². The molecule has 0 spiro atoms. The Balaban J connectivity index is 1.67. The van der Waals surface area contributed by atoms with Crippen LogP contribution >= 0.6 is 0 Å². The van der Waals surface area contributed by atoms with Crippen molar-refractivity contribution in [3.63, 3.8) is 0 Å². The summed E-state index contributed by atoms with van der Waals surface area (Å²) in [5.74, 6) is 0.981. The maximum absolute atomic E-state index is 6.16. The van der Waals surface area contributed by atoms with Crippen molar-refractivity contribution < 1.29 is 4.74 Å². The molecule has 1 unspecified atom stereocenters. The van der Waals surface area contributed by atoms with E-state index >= 15 is 0 Å². The predicted molar refractivity (Wildman–Crippen MR) is 63.0 cm³/mol. The second kappa shape index (κ2) is 5.86. The molecule has 0 aromatic rings. The van der Waals surface area contributed by atoms with Gasteiger partial charge in [0.2, 0.25) is 0 Å². The summed E-state index contributed by atoms with van der Waals surface area (Å²) < 4.78 is 6.16. The summed E-state index contributed by atoms with van der Waals surface area (Å²) in [5, 5.41) is 3.42. The van der Waals surface area contributed by atoms with Gasteiger partial charge in [0, 0.05) is 6.54 Å². The molecule has 1 aliphatic heterocycles. The fourth-order valence-corrected chi connectivity index (χ4v) is 2.88. The first-order valence-electron chi connectivity index (χ1n) is 6.74. The average molecular weight is 211 g/mol. The van der Waals surface area contributed by atoms with E-state index in [2.05, 4.69) is 12.2 Å². The molecule has 88 valence electrons. The van der Waals surface area contributed by atoms with Crippen LogP contribution < -0.4 is 5.32 Å². The van der Waals surface area contributed by atoms with Gasteiger partial charge in [-0.2, -0.15) is 0 Å². The van der Waals surface area contributed by atoms with E-state index in [4.69, 9.17) is 4.74 Å². The van der Waals surface area contributed by atoms with Gasteiger partial charge in [-0.3, -0.25) is 0 Å². The minimum absolute atomic E-state index is 0.502. The first-order valence-corrected chi connectivity index (χ1v) is 6.74. The smallest absolute Gasteiger partial charge is 0.0703 e. The highest BCUT2D eigenvalue weighted by molar-refractivity contribution is 4.76. The van der Waals surface area contributed by atoms with E-state index in [-0.39, 0.29) is 0 Å². The van der Waals surface area contributed by atoms with Gasteiger partial charge >= 0.3 is 0 Å². The van der Waals surface area contributed by atoms with Crippen LogP contribution in [0.2, 0.25) is 0 Å². The van der Waals surface area contributed by atoms with E-state index in [0.717, 1.165) is 12.5 Å². The van der Waals surface area contributed by atoms with Gasteiger partial charge < -0.3 is 10.1 Å². The molecule has 2 rings (SSSR count). The lowest BCUT2D eigenvalue weighted by molar-refractivity contribution is -0.0450. The second-order valence-corrected chi connectivity index (χ2v) is 5.16. The van der Waals surface area contributed by atoms with Crippen molar-refractivity contribution in [2.45, 2.75) is 64.1 Å². The molecule has 2 aliphatic rings. The standard InChI is InChI=1S/C13H25NO/c1-2-11-5-7-12(8-6-11)15-13-4-3-9-14-10-13/h11-14H,2-10H2,1H3. The van der Waals surface area contributed by atoms with E-state index in [1.54, 1.807) is 0 Å². The van der Waals surface area contributed by atoms with Crippen LogP contribution in [0.25, 0.3) is 0 Å². The number of piperidine rings is 1. The maximum atomic E-state index is 6.16. The van der Waals surface area contributed by atoms with Gasteiger partial charge in [0.15, 0.2) is 0 Å². The minimum atomic E-state index is 0.502. The molecule has 1 heterocycles. The van der Waals surface area contributed by atoms with E-state index < -0.39 is 0 Å². The number of ether oxygens (including phenoxy) is 1. The summed E-state index contributed by atoms with van der Waals surface area (Å²) in [6.07, 6.45) is 10.4. The Morgan fingerprint density at radius 3 is 2.47 bits per heavy atom. The lowest BCUT2D eigenvalue weighted by atomic mass is 9.86. The van der Waals surface area contributed by atoms with Crippen molar-refractivity contribution >= 4 is 0 Å². The van der Waals surface area contributed by atoms with E-state index in [0.29, 0.717) is 12.2 Å². The van der Waals surface area contributed by atoms with Crippen LogP contribution in [0, 0.1) is 5.92 Å². The van der Waals surface area contributed by atoms with Crippen molar-refractivity contribution in [2.75, 3.05) is 13.1 Å². The molecule has 0 bridgehead atoms. The molecule has 0 radical (unpaired) electrons. The largest absolute Gasteiger partial charge is 0.374 e. The molecular formula is C13H25NO. The topological polar surface area (TPSA) is 21.3 Å². The Morgan fingerprint density at radius 2 is 1.87 bits per heavy atom. The number of hydrogen-bond donors (Lipinski definition) is 1. The fourth-order valence-electron chi connectivity index (χ4n) is 2.88. The molecule has 1 N–H and O–H groups in total. The highest BCUT2D eigenvalue weighted by atomic mass is 16.5. The Morgan fingerprint density at radius 1 is 1.07 bits per heavy atom. The quantitative estimate of drug-likeness (QED) is 0.775. The van der Waals surface area contributed by atoms with Gasteiger partial charge in [0.1, 0.15) is 0 Å². The van der Waals surface area contributed by atoms with Gasteiger partial charge in [0.25, 0.3) is 0 Å². The van der Waals surface area contributed by atoms with Crippen LogP contribution in [-0.4, -0.2) is 25.3 Å². The molecule has 1 saturated carbocycles. The minimum Gasteiger partial charge on any atom is -0.374 e. The van der Waals surface area contributed by atoms with Crippen molar-refractivity contribution in [1.82, 2.24) is 5.32 Å². The van der Waals surface area contributed by atoms with Gasteiger partial charge in [-0.25, -0.2) is 0 Å².